The van der Waals surface area contributed by atoms with Crippen LogP contribution >= 0.6 is 0 Å². The lowest BCUT2D eigenvalue weighted by atomic mass is 10.1. The van der Waals surface area contributed by atoms with Crippen LogP contribution in [0.4, 0.5) is 5.69 Å². The van der Waals surface area contributed by atoms with Gasteiger partial charge in [-0.2, -0.15) is 0 Å². The lowest BCUT2D eigenvalue weighted by Gasteiger charge is -2.26. The van der Waals surface area contributed by atoms with Gasteiger partial charge in [0.2, 0.25) is 5.91 Å². The maximum atomic E-state index is 12.4. The van der Waals surface area contributed by atoms with E-state index in [1.54, 1.807) is 29.2 Å². The molecule has 6 heteroatoms. The van der Waals surface area contributed by atoms with Gasteiger partial charge in [0, 0.05) is 24.3 Å². The first-order valence-corrected chi connectivity index (χ1v) is 8.71. The molecule has 6 nitrogen and oxygen atoms in total. The topological polar surface area (TPSA) is 84.7 Å². The predicted molar refractivity (Wildman–Crippen MR) is 99.9 cm³/mol. The SMILES string of the molecule is N[C@@H](Cc1ccccc1)C(=O)Nc1ccc(C(=O)N2CCOCC2)cc1. The van der Waals surface area contributed by atoms with Crippen molar-refractivity contribution in [2.24, 2.45) is 5.73 Å². The third-order valence-corrected chi connectivity index (χ3v) is 4.33. The van der Waals surface area contributed by atoms with Crippen LogP contribution in [0.2, 0.25) is 0 Å². The summed E-state index contributed by atoms with van der Waals surface area (Å²) in [6.45, 7) is 2.34. The van der Waals surface area contributed by atoms with Crippen LogP contribution in [-0.4, -0.2) is 49.1 Å². The fourth-order valence-electron chi connectivity index (χ4n) is 2.84. The minimum Gasteiger partial charge on any atom is -0.378 e. The molecular weight excluding hydrogens is 330 g/mol. The Bertz CT molecular complexity index is 741. The Morgan fingerprint density at radius 1 is 1.04 bits per heavy atom. The van der Waals surface area contributed by atoms with E-state index in [4.69, 9.17) is 10.5 Å². The van der Waals surface area contributed by atoms with Gasteiger partial charge in [0.1, 0.15) is 0 Å². The molecule has 3 rings (SSSR count). The molecule has 1 aliphatic rings. The normalized spacial score (nSPS) is 15.3. The zero-order valence-corrected chi connectivity index (χ0v) is 14.6. The van der Waals surface area contributed by atoms with Crippen LogP contribution in [0, 0.1) is 0 Å². The number of amides is 2. The monoisotopic (exact) mass is 353 g/mol. The highest BCUT2D eigenvalue weighted by Crippen LogP contribution is 2.13. The van der Waals surface area contributed by atoms with Crippen molar-refractivity contribution in [2.75, 3.05) is 31.6 Å². The van der Waals surface area contributed by atoms with E-state index in [0.29, 0.717) is 44.0 Å². The Labute approximate surface area is 152 Å². The van der Waals surface area contributed by atoms with Crippen molar-refractivity contribution >= 4 is 17.5 Å². The highest BCUT2D eigenvalue weighted by atomic mass is 16.5. The van der Waals surface area contributed by atoms with Crippen molar-refractivity contribution in [3.63, 3.8) is 0 Å². The van der Waals surface area contributed by atoms with E-state index in [-0.39, 0.29) is 11.8 Å². The van der Waals surface area contributed by atoms with Gasteiger partial charge in [-0.3, -0.25) is 9.59 Å². The summed E-state index contributed by atoms with van der Waals surface area (Å²) < 4.78 is 5.26. The van der Waals surface area contributed by atoms with E-state index in [9.17, 15) is 9.59 Å². The number of hydrogen-bond donors (Lipinski definition) is 2. The smallest absolute Gasteiger partial charge is 0.254 e. The Hall–Kier alpha value is -2.70. The second kappa shape index (κ2) is 8.60. The Morgan fingerprint density at radius 3 is 2.35 bits per heavy atom. The zero-order valence-electron chi connectivity index (χ0n) is 14.6. The van der Waals surface area contributed by atoms with Gasteiger partial charge in [0.05, 0.1) is 19.3 Å². The average Bonchev–Trinajstić information content (AvgIpc) is 2.69. The molecule has 0 unspecified atom stereocenters. The number of nitrogens with zero attached hydrogens (tertiary/aromatic N) is 1. The van der Waals surface area contributed by atoms with Crippen molar-refractivity contribution in [1.82, 2.24) is 4.90 Å². The molecule has 26 heavy (non-hydrogen) atoms. The molecule has 0 aromatic heterocycles. The zero-order chi connectivity index (χ0) is 18.4. The molecule has 136 valence electrons. The number of carbonyl (C=O) groups is 2. The third kappa shape index (κ3) is 4.68. The number of morpholine rings is 1. The molecule has 2 aromatic carbocycles. The van der Waals surface area contributed by atoms with Crippen molar-refractivity contribution in [3.8, 4) is 0 Å². The van der Waals surface area contributed by atoms with Crippen LogP contribution in [0.25, 0.3) is 0 Å². The number of anilines is 1. The van der Waals surface area contributed by atoms with Gasteiger partial charge in [-0.15, -0.1) is 0 Å². The van der Waals surface area contributed by atoms with Crippen LogP contribution in [0.5, 0.6) is 0 Å². The molecule has 1 atom stereocenters. The largest absolute Gasteiger partial charge is 0.378 e. The first-order valence-electron chi connectivity index (χ1n) is 8.71. The molecule has 1 fully saturated rings. The van der Waals surface area contributed by atoms with Crippen LogP contribution in [-0.2, 0) is 16.0 Å². The lowest BCUT2D eigenvalue weighted by molar-refractivity contribution is -0.117. The van der Waals surface area contributed by atoms with E-state index in [1.807, 2.05) is 30.3 Å². The number of carbonyl (C=O) groups excluding carboxylic acids is 2. The quantitative estimate of drug-likeness (QED) is 0.856. The summed E-state index contributed by atoms with van der Waals surface area (Å²) in [5.41, 5.74) is 8.22. The van der Waals surface area contributed by atoms with Gasteiger partial charge >= 0.3 is 0 Å². The van der Waals surface area contributed by atoms with Crippen molar-refractivity contribution < 1.29 is 14.3 Å². The second-order valence-electron chi connectivity index (χ2n) is 6.27. The first kappa shape index (κ1) is 18.1. The van der Waals surface area contributed by atoms with Gasteiger partial charge < -0.3 is 20.7 Å². The molecular formula is C20H23N3O3. The van der Waals surface area contributed by atoms with Crippen molar-refractivity contribution in [1.29, 1.82) is 0 Å². The van der Waals surface area contributed by atoms with E-state index in [0.717, 1.165) is 5.56 Å². The highest BCUT2D eigenvalue weighted by molar-refractivity contribution is 5.97. The molecule has 0 aliphatic carbocycles. The van der Waals surface area contributed by atoms with E-state index in [2.05, 4.69) is 5.32 Å². The fourth-order valence-corrected chi connectivity index (χ4v) is 2.84. The number of hydrogen-bond acceptors (Lipinski definition) is 4. The minimum atomic E-state index is -0.632. The molecule has 3 N–H and O–H groups in total. The van der Waals surface area contributed by atoms with Gasteiger partial charge in [-0.1, -0.05) is 30.3 Å². The highest BCUT2D eigenvalue weighted by Gasteiger charge is 2.19. The fraction of sp³-hybridized carbons (Fsp3) is 0.300. The molecule has 2 aromatic rings. The molecule has 0 bridgehead atoms. The molecule has 0 spiro atoms. The molecule has 0 saturated carbocycles. The summed E-state index contributed by atoms with van der Waals surface area (Å²) in [6.07, 6.45) is 0.472. The van der Waals surface area contributed by atoms with E-state index >= 15 is 0 Å². The van der Waals surface area contributed by atoms with Crippen LogP contribution < -0.4 is 11.1 Å². The summed E-state index contributed by atoms with van der Waals surface area (Å²) in [5, 5.41) is 2.80. The summed E-state index contributed by atoms with van der Waals surface area (Å²) in [7, 11) is 0. The number of nitrogens with one attached hydrogen (secondary N) is 1. The summed E-state index contributed by atoms with van der Waals surface area (Å²) in [4.78, 5) is 26.4. The molecule has 1 aliphatic heterocycles. The molecule has 0 radical (unpaired) electrons. The minimum absolute atomic E-state index is 0.0213. The number of benzene rings is 2. The van der Waals surface area contributed by atoms with Crippen molar-refractivity contribution in [2.45, 2.75) is 12.5 Å². The first-order chi connectivity index (χ1) is 12.6. The van der Waals surface area contributed by atoms with Crippen LogP contribution in [0.3, 0.4) is 0 Å². The van der Waals surface area contributed by atoms with Gasteiger partial charge in [-0.05, 0) is 36.2 Å². The number of rotatable bonds is 5. The summed E-state index contributed by atoms with van der Waals surface area (Å²) in [6, 6.07) is 15.9. The summed E-state index contributed by atoms with van der Waals surface area (Å²) >= 11 is 0. The van der Waals surface area contributed by atoms with E-state index < -0.39 is 6.04 Å². The molecule has 1 saturated heterocycles. The van der Waals surface area contributed by atoms with E-state index in [1.165, 1.54) is 0 Å². The molecule has 2 amide bonds. The maximum Gasteiger partial charge on any atom is 0.254 e. The number of nitrogens with two attached hydrogens (primary N) is 1. The predicted octanol–water partition coefficient (Wildman–Crippen LogP) is 1.67. The lowest BCUT2D eigenvalue weighted by Crippen LogP contribution is -2.40. The van der Waals surface area contributed by atoms with Crippen molar-refractivity contribution in [3.05, 3.63) is 65.7 Å². The maximum absolute atomic E-state index is 12.4. The Balaban J connectivity index is 1.56. The van der Waals surface area contributed by atoms with Gasteiger partial charge in [0.15, 0.2) is 0 Å². The van der Waals surface area contributed by atoms with Crippen LogP contribution in [0.1, 0.15) is 15.9 Å². The Kier molecular flexibility index (Phi) is 5.99. The third-order valence-electron chi connectivity index (χ3n) is 4.33. The Morgan fingerprint density at radius 2 is 1.69 bits per heavy atom. The van der Waals surface area contributed by atoms with Gasteiger partial charge in [0.25, 0.3) is 5.91 Å². The summed E-state index contributed by atoms with van der Waals surface area (Å²) in [5.74, 6) is -0.270. The number of ether oxygens (including phenoxy) is 1. The standard InChI is InChI=1S/C20H23N3O3/c21-18(14-15-4-2-1-3-5-15)19(24)22-17-8-6-16(7-9-17)20(25)23-10-12-26-13-11-23/h1-9,18H,10-14,21H2,(H,22,24)/t18-/m0/s1. The second-order valence-corrected chi connectivity index (χ2v) is 6.27. The van der Waals surface area contributed by atoms with Crippen LogP contribution in [0.15, 0.2) is 54.6 Å². The average molecular weight is 353 g/mol. The molecule has 1 heterocycles. The van der Waals surface area contributed by atoms with Gasteiger partial charge in [-0.25, -0.2) is 0 Å².